The first-order chi connectivity index (χ1) is 8.15. The van der Waals surface area contributed by atoms with Crippen LogP contribution in [0.25, 0.3) is 0 Å². The molecule has 1 amide bonds. The Bertz CT molecular complexity index is 436. The Balaban J connectivity index is 2.51. The number of hydrogen-bond acceptors (Lipinski definition) is 3. The third kappa shape index (κ3) is 2.30. The van der Waals surface area contributed by atoms with Crippen LogP contribution in [0.2, 0.25) is 0 Å². The first-order valence-electron chi connectivity index (χ1n) is 5.65. The van der Waals surface area contributed by atoms with Crippen LogP contribution in [0.15, 0.2) is 22.7 Å². The van der Waals surface area contributed by atoms with Gasteiger partial charge in [-0.1, -0.05) is 6.07 Å². The van der Waals surface area contributed by atoms with Crippen LogP contribution in [0.3, 0.4) is 0 Å². The summed E-state index contributed by atoms with van der Waals surface area (Å²) >= 11 is 3.54. The Morgan fingerprint density at radius 1 is 1.47 bits per heavy atom. The number of nitrogens with zero attached hydrogens (tertiary/aromatic N) is 2. The van der Waals surface area contributed by atoms with Gasteiger partial charge in [-0.2, -0.15) is 0 Å². The summed E-state index contributed by atoms with van der Waals surface area (Å²) in [5.74, 6) is -0.0281. The Morgan fingerprint density at radius 3 is 2.94 bits per heavy atom. The molecule has 1 aliphatic rings. The smallest absolute Gasteiger partial charge is 0.240 e. The van der Waals surface area contributed by atoms with E-state index < -0.39 is 0 Å². The lowest BCUT2D eigenvalue weighted by Gasteiger charge is -2.24. The van der Waals surface area contributed by atoms with Gasteiger partial charge < -0.3 is 15.5 Å². The highest BCUT2D eigenvalue weighted by Gasteiger charge is 2.23. The van der Waals surface area contributed by atoms with Gasteiger partial charge in [0.15, 0.2) is 0 Å². The molecule has 4 nitrogen and oxygen atoms in total. The van der Waals surface area contributed by atoms with Crippen LogP contribution in [0, 0.1) is 0 Å². The number of hydrogen-bond donors (Lipinski definition) is 1. The molecule has 0 saturated carbocycles. The Kier molecular flexibility index (Phi) is 3.69. The number of carbonyl (C=O) groups is 1. The maximum absolute atomic E-state index is 11.9. The molecule has 0 aliphatic carbocycles. The molecule has 0 fully saturated rings. The molecule has 0 aromatic heterocycles. The van der Waals surface area contributed by atoms with Crippen LogP contribution >= 0.6 is 15.9 Å². The second-order valence-corrected chi connectivity index (χ2v) is 4.99. The molecular formula is C12H16BrN3O. The minimum Gasteiger partial charge on any atom is -0.372 e. The SMILES string of the molecule is CN1CCCN(C(=O)CN)c2cccc(Br)c21. The normalized spacial score (nSPS) is 15.5. The van der Waals surface area contributed by atoms with Crippen LogP contribution < -0.4 is 15.5 Å². The van der Waals surface area contributed by atoms with E-state index in [1.54, 1.807) is 4.90 Å². The summed E-state index contributed by atoms with van der Waals surface area (Å²) in [6, 6.07) is 5.90. The van der Waals surface area contributed by atoms with Crippen molar-refractivity contribution in [2.24, 2.45) is 5.73 Å². The Morgan fingerprint density at radius 2 is 2.24 bits per heavy atom. The fraction of sp³-hybridized carbons (Fsp3) is 0.417. The summed E-state index contributed by atoms with van der Waals surface area (Å²) < 4.78 is 1.01. The van der Waals surface area contributed by atoms with Gasteiger partial charge in [-0.15, -0.1) is 0 Å². The molecular weight excluding hydrogens is 282 g/mol. The number of para-hydroxylation sites is 1. The van der Waals surface area contributed by atoms with E-state index in [1.165, 1.54) is 0 Å². The first kappa shape index (κ1) is 12.4. The van der Waals surface area contributed by atoms with Crippen LogP contribution in [0.4, 0.5) is 11.4 Å². The Hall–Kier alpha value is -1.07. The lowest BCUT2D eigenvalue weighted by Crippen LogP contribution is -2.36. The van der Waals surface area contributed by atoms with Gasteiger partial charge in [-0.3, -0.25) is 4.79 Å². The summed E-state index contributed by atoms with van der Waals surface area (Å²) in [4.78, 5) is 15.8. The number of fused-ring (bicyclic) bond motifs is 1. The van der Waals surface area contributed by atoms with Crippen LogP contribution in [-0.4, -0.2) is 32.6 Å². The molecule has 1 aromatic carbocycles. The fourth-order valence-electron chi connectivity index (χ4n) is 2.17. The first-order valence-corrected chi connectivity index (χ1v) is 6.44. The van der Waals surface area contributed by atoms with Gasteiger partial charge in [0.05, 0.1) is 17.9 Å². The second-order valence-electron chi connectivity index (χ2n) is 4.13. The van der Waals surface area contributed by atoms with Crippen molar-refractivity contribution in [2.45, 2.75) is 6.42 Å². The van der Waals surface area contributed by atoms with Gasteiger partial charge in [0.2, 0.25) is 5.91 Å². The monoisotopic (exact) mass is 297 g/mol. The van der Waals surface area contributed by atoms with E-state index in [1.807, 2.05) is 25.2 Å². The van der Waals surface area contributed by atoms with Crippen LogP contribution in [0.5, 0.6) is 0 Å². The fourth-order valence-corrected chi connectivity index (χ4v) is 2.83. The molecule has 0 unspecified atom stereocenters. The van der Waals surface area contributed by atoms with Crippen molar-refractivity contribution < 1.29 is 4.79 Å². The molecule has 92 valence electrons. The number of benzene rings is 1. The minimum absolute atomic E-state index is 0.0281. The average molecular weight is 298 g/mol. The number of halogens is 1. The van der Waals surface area contributed by atoms with Gasteiger partial charge in [-0.05, 0) is 34.5 Å². The summed E-state index contributed by atoms with van der Waals surface area (Å²) in [7, 11) is 2.04. The van der Waals surface area contributed by atoms with E-state index in [2.05, 4.69) is 20.8 Å². The van der Waals surface area contributed by atoms with Gasteiger partial charge in [-0.25, -0.2) is 0 Å². The highest BCUT2D eigenvalue weighted by Crippen LogP contribution is 2.37. The third-order valence-corrected chi connectivity index (χ3v) is 3.63. The standard InChI is InChI=1S/C12H16BrN3O/c1-15-6-3-7-16(11(17)8-14)10-5-2-4-9(13)12(10)15/h2,4-5H,3,6-8,14H2,1H3. The summed E-state index contributed by atoms with van der Waals surface area (Å²) in [6.45, 7) is 1.71. The molecule has 0 atom stereocenters. The molecule has 0 radical (unpaired) electrons. The molecule has 1 heterocycles. The van der Waals surface area contributed by atoms with Crippen molar-refractivity contribution in [3.8, 4) is 0 Å². The predicted molar refractivity (Wildman–Crippen MR) is 73.4 cm³/mol. The van der Waals surface area contributed by atoms with Gasteiger partial charge in [0.1, 0.15) is 0 Å². The molecule has 2 N–H and O–H groups in total. The van der Waals surface area contributed by atoms with Gasteiger partial charge >= 0.3 is 0 Å². The zero-order chi connectivity index (χ0) is 12.4. The van der Waals surface area contributed by atoms with E-state index in [4.69, 9.17) is 5.73 Å². The molecule has 2 rings (SSSR count). The summed E-state index contributed by atoms with van der Waals surface area (Å²) in [5.41, 5.74) is 7.47. The number of amides is 1. The van der Waals surface area contributed by atoms with Crippen molar-refractivity contribution in [1.29, 1.82) is 0 Å². The molecule has 0 spiro atoms. The minimum atomic E-state index is -0.0281. The van der Waals surface area contributed by atoms with E-state index in [0.717, 1.165) is 35.4 Å². The van der Waals surface area contributed by atoms with Crippen molar-refractivity contribution in [3.05, 3.63) is 22.7 Å². The lowest BCUT2D eigenvalue weighted by molar-refractivity contribution is -0.117. The van der Waals surface area contributed by atoms with Crippen molar-refractivity contribution in [1.82, 2.24) is 0 Å². The van der Waals surface area contributed by atoms with Crippen molar-refractivity contribution in [3.63, 3.8) is 0 Å². The molecule has 0 bridgehead atoms. The van der Waals surface area contributed by atoms with Gasteiger partial charge in [0.25, 0.3) is 0 Å². The number of rotatable bonds is 1. The molecule has 17 heavy (non-hydrogen) atoms. The van der Waals surface area contributed by atoms with E-state index in [0.29, 0.717) is 0 Å². The quantitative estimate of drug-likeness (QED) is 0.856. The van der Waals surface area contributed by atoms with Crippen LogP contribution in [-0.2, 0) is 4.79 Å². The van der Waals surface area contributed by atoms with E-state index in [-0.39, 0.29) is 12.5 Å². The molecule has 1 aliphatic heterocycles. The molecule has 0 saturated heterocycles. The van der Waals surface area contributed by atoms with Gasteiger partial charge in [0, 0.05) is 24.6 Å². The third-order valence-electron chi connectivity index (χ3n) is 2.99. The average Bonchev–Trinajstić information content (AvgIpc) is 2.49. The van der Waals surface area contributed by atoms with E-state index in [9.17, 15) is 4.79 Å². The maximum Gasteiger partial charge on any atom is 0.240 e. The summed E-state index contributed by atoms with van der Waals surface area (Å²) in [5, 5.41) is 0. The number of carbonyl (C=O) groups excluding carboxylic acids is 1. The lowest BCUT2D eigenvalue weighted by atomic mass is 10.2. The zero-order valence-corrected chi connectivity index (χ0v) is 11.4. The van der Waals surface area contributed by atoms with Crippen molar-refractivity contribution in [2.75, 3.05) is 36.5 Å². The zero-order valence-electron chi connectivity index (χ0n) is 9.82. The predicted octanol–water partition coefficient (Wildman–Crippen LogP) is 1.58. The second kappa shape index (κ2) is 5.06. The molecule has 1 aromatic rings. The summed E-state index contributed by atoms with van der Waals surface area (Å²) in [6.07, 6.45) is 0.948. The highest BCUT2D eigenvalue weighted by atomic mass is 79.9. The van der Waals surface area contributed by atoms with Crippen LogP contribution in [0.1, 0.15) is 6.42 Å². The van der Waals surface area contributed by atoms with Crippen molar-refractivity contribution >= 4 is 33.2 Å². The van der Waals surface area contributed by atoms with E-state index >= 15 is 0 Å². The Labute approximate surface area is 110 Å². The molecule has 5 heteroatoms. The highest BCUT2D eigenvalue weighted by molar-refractivity contribution is 9.10. The topological polar surface area (TPSA) is 49.6 Å². The number of anilines is 2. The number of nitrogens with two attached hydrogens (primary N) is 1. The maximum atomic E-state index is 11.9. The largest absolute Gasteiger partial charge is 0.372 e.